The van der Waals surface area contributed by atoms with E-state index in [1.54, 1.807) is 6.07 Å². The van der Waals surface area contributed by atoms with Gasteiger partial charge in [0.2, 0.25) is 5.91 Å². The van der Waals surface area contributed by atoms with Crippen molar-refractivity contribution >= 4 is 57.7 Å². The second-order valence-corrected chi connectivity index (χ2v) is 7.45. The number of hydrogen-bond acceptors (Lipinski definition) is 3. The number of amides is 1. The summed E-state index contributed by atoms with van der Waals surface area (Å²) < 4.78 is 1.26. The molecule has 2 aromatic rings. The first-order valence-electron chi connectivity index (χ1n) is 6.23. The van der Waals surface area contributed by atoms with Crippen LogP contribution in [0, 0.1) is 0 Å². The Morgan fingerprint density at radius 1 is 1.24 bits per heavy atom. The summed E-state index contributed by atoms with van der Waals surface area (Å²) in [6.45, 7) is 0. The van der Waals surface area contributed by atoms with Crippen LogP contribution < -0.4 is 10.6 Å². The molecule has 0 radical (unpaired) electrons. The molecule has 0 fully saturated rings. The summed E-state index contributed by atoms with van der Waals surface area (Å²) in [5.74, 6) is -0.0177. The monoisotopic (exact) mass is 360 g/mol. The van der Waals surface area contributed by atoms with Crippen LogP contribution in [0.2, 0.25) is 13.7 Å². The van der Waals surface area contributed by atoms with Crippen LogP contribution in [0.15, 0.2) is 18.2 Å². The molecule has 1 amide bonds. The van der Waals surface area contributed by atoms with Gasteiger partial charge in [0.15, 0.2) is 0 Å². The molecular formula is C14H11Cl3N2OS. The van der Waals surface area contributed by atoms with Crippen molar-refractivity contribution < 1.29 is 4.79 Å². The zero-order valence-electron chi connectivity index (χ0n) is 11.0. The highest BCUT2D eigenvalue weighted by Gasteiger charge is 2.25. The predicted molar refractivity (Wildman–Crippen MR) is 89.0 cm³/mol. The summed E-state index contributed by atoms with van der Waals surface area (Å²) in [5, 5.41) is 6.57. The maximum absolute atomic E-state index is 11.5. The number of hydrogen-bond donors (Lipinski definition) is 2. The molecule has 2 heterocycles. The van der Waals surface area contributed by atoms with Gasteiger partial charge in [0.1, 0.15) is 0 Å². The SMILES string of the molecule is CNC(c1cc2c(cc1Cl)NC(=O)C2)c1cc(Cl)sc1Cl. The van der Waals surface area contributed by atoms with Gasteiger partial charge < -0.3 is 10.6 Å². The Labute approximate surface area is 141 Å². The van der Waals surface area contributed by atoms with E-state index in [0.717, 1.165) is 22.4 Å². The summed E-state index contributed by atoms with van der Waals surface area (Å²) in [4.78, 5) is 11.5. The van der Waals surface area contributed by atoms with E-state index in [0.29, 0.717) is 20.1 Å². The largest absolute Gasteiger partial charge is 0.325 e. The highest BCUT2D eigenvalue weighted by atomic mass is 35.5. The molecule has 0 bridgehead atoms. The number of carbonyl (C=O) groups excluding carboxylic acids is 1. The van der Waals surface area contributed by atoms with Gasteiger partial charge in [-0.3, -0.25) is 4.79 Å². The minimum Gasteiger partial charge on any atom is -0.325 e. The number of rotatable bonds is 3. The van der Waals surface area contributed by atoms with Crippen molar-refractivity contribution in [2.45, 2.75) is 12.5 Å². The van der Waals surface area contributed by atoms with Crippen LogP contribution in [-0.2, 0) is 11.2 Å². The lowest BCUT2D eigenvalue weighted by atomic mass is 9.98. The van der Waals surface area contributed by atoms with Gasteiger partial charge in [-0.1, -0.05) is 34.8 Å². The average molecular weight is 362 g/mol. The number of thiophene rings is 1. The van der Waals surface area contributed by atoms with Gasteiger partial charge in [0, 0.05) is 16.3 Å². The number of fused-ring (bicyclic) bond motifs is 1. The Hall–Kier alpha value is -0.780. The molecule has 1 aromatic carbocycles. The average Bonchev–Trinajstić information content (AvgIpc) is 2.92. The van der Waals surface area contributed by atoms with E-state index in [1.807, 2.05) is 19.2 Å². The topological polar surface area (TPSA) is 41.1 Å². The standard InChI is InChI=1S/C14H11Cl3N2OS/c1-18-13(8-4-11(16)21-14(8)17)7-2-6-3-12(20)19-10(6)5-9(7)15/h2,4-5,13,18H,3H2,1H3,(H,19,20). The molecule has 0 saturated carbocycles. The lowest BCUT2D eigenvalue weighted by Crippen LogP contribution is -2.18. The van der Waals surface area contributed by atoms with Crippen molar-refractivity contribution in [3.05, 3.63) is 48.6 Å². The van der Waals surface area contributed by atoms with E-state index in [9.17, 15) is 4.79 Å². The predicted octanol–water partition coefficient (Wildman–Crippen LogP) is 4.51. The molecule has 1 unspecified atom stereocenters. The number of nitrogens with one attached hydrogen (secondary N) is 2. The molecular weight excluding hydrogens is 351 g/mol. The van der Waals surface area contributed by atoms with Gasteiger partial charge in [-0.2, -0.15) is 0 Å². The van der Waals surface area contributed by atoms with E-state index in [-0.39, 0.29) is 11.9 Å². The highest BCUT2D eigenvalue weighted by molar-refractivity contribution is 7.20. The number of halogens is 3. The first-order valence-corrected chi connectivity index (χ1v) is 8.18. The van der Waals surface area contributed by atoms with E-state index in [1.165, 1.54) is 11.3 Å². The number of anilines is 1. The van der Waals surface area contributed by atoms with Gasteiger partial charge >= 0.3 is 0 Å². The first-order chi connectivity index (χ1) is 9.99. The van der Waals surface area contributed by atoms with E-state index in [4.69, 9.17) is 34.8 Å². The Morgan fingerprint density at radius 3 is 2.62 bits per heavy atom. The third kappa shape index (κ3) is 2.79. The molecule has 0 spiro atoms. The number of benzene rings is 1. The van der Waals surface area contributed by atoms with E-state index in [2.05, 4.69) is 10.6 Å². The van der Waals surface area contributed by atoms with Crippen LogP contribution in [0.1, 0.15) is 22.7 Å². The van der Waals surface area contributed by atoms with Crippen LogP contribution in [0.25, 0.3) is 0 Å². The van der Waals surface area contributed by atoms with Crippen LogP contribution in [0.5, 0.6) is 0 Å². The second kappa shape index (κ2) is 5.78. The molecule has 2 N–H and O–H groups in total. The second-order valence-electron chi connectivity index (χ2n) is 4.76. The zero-order chi connectivity index (χ0) is 15.1. The van der Waals surface area contributed by atoms with Crippen LogP contribution >= 0.6 is 46.1 Å². The van der Waals surface area contributed by atoms with Crippen molar-refractivity contribution in [1.82, 2.24) is 5.32 Å². The van der Waals surface area contributed by atoms with Crippen LogP contribution in [0.4, 0.5) is 5.69 Å². The molecule has 3 nitrogen and oxygen atoms in total. The van der Waals surface area contributed by atoms with Crippen molar-refractivity contribution in [3.63, 3.8) is 0 Å². The van der Waals surface area contributed by atoms with Crippen molar-refractivity contribution in [2.24, 2.45) is 0 Å². The molecule has 1 atom stereocenters. The van der Waals surface area contributed by atoms with Crippen molar-refractivity contribution in [3.8, 4) is 0 Å². The Bertz CT molecular complexity index is 729. The fraction of sp³-hybridized carbons (Fsp3) is 0.214. The molecule has 110 valence electrons. The van der Waals surface area contributed by atoms with Crippen molar-refractivity contribution in [1.29, 1.82) is 0 Å². The summed E-state index contributed by atoms with van der Waals surface area (Å²) in [5.41, 5.74) is 3.48. The van der Waals surface area contributed by atoms with Crippen LogP contribution in [-0.4, -0.2) is 13.0 Å². The molecule has 21 heavy (non-hydrogen) atoms. The van der Waals surface area contributed by atoms with Gasteiger partial charge in [0.05, 0.1) is 21.1 Å². The molecule has 0 aliphatic carbocycles. The van der Waals surface area contributed by atoms with Gasteiger partial charge in [0.25, 0.3) is 0 Å². The lowest BCUT2D eigenvalue weighted by Gasteiger charge is -2.19. The molecule has 7 heteroatoms. The van der Waals surface area contributed by atoms with Crippen LogP contribution in [0.3, 0.4) is 0 Å². The Kier molecular flexibility index (Phi) is 4.17. The van der Waals surface area contributed by atoms with E-state index < -0.39 is 0 Å². The summed E-state index contributed by atoms with van der Waals surface area (Å²) >= 11 is 20.0. The Morgan fingerprint density at radius 2 is 2.00 bits per heavy atom. The summed E-state index contributed by atoms with van der Waals surface area (Å²) in [6.07, 6.45) is 0.369. The van der Waals surface area contributed by atoms with Gasteiger partial charge in [-0.25, -0.2) is 0 Å². The minimum absolute atomic E-state index is 0.0177. The molecule has 1 aliphatic rings. The maximum Gasteiger partial charge on any atom is 0.228 e. The zero-order valence-corrected chi connectivity index (χ0v) is 14.1. The van der Waals surface area contributed by atoms with Crippen molar-refractivity contribution in [2.75, 3.05) is 12.4 Å². The van der Waals surface area contributed by atoms with Gasteiger partial charge in [-0.15, -0.1) is 11.3 Å². The minimum atomic E-state index is -0.172. The first kappa shape index (κ1) is 15.1. The summed E-state index contributed by atoms with van der Waals surface area (Å²) in [7, 11) is 1.83. The summed E-state index contributed by atoms with van der Waals surface area (Å²) in [6, 6.07) is 5.39. The third-order valence-electron chi connectivity index (χ3n) is 3.44. The quantitative estimate of drug-likeness (QED) is 0.844. The maximum atomic E-state index is 11.5. The third-order valence-corrected chi connectivity index (χ3v) is 5.29. The highest BCUT2D eigenvalue weighted by Crippen LogP contribution is 2.41. The molecule has 3 rings (SSSR count). The normalized spacial score (nSPS) is 15.0. The smallest absolute Gasteiger partial charge is 0.228 e. The molecule has 1 aromatic heterocycles. The lowest BCUT2D eigenvalue weighted by molar-refractivity contribution is -0.115. The molecule has 0 saturated heterocycles. The molecule has 1 aliphatic heterocycles. The van der Waals surface area contributed by atoms with E-state index >= 15 is 0 Å². The van der Waals surface area contributed by atoms with Gasteiger partial charge in [-0.05, 0) is 36.4 Å². The fourth-order valence-corrected chi connectivity index (χ4v) is 4.32. The number of carbonyl (C=O) groups is 1. The fourth-order valence-electron chi connectivity index (χ4n) is 2.52. The Balaban J connectivity index is 2.08.